The van der Waals surface area contributed by atoms with Crippen LogP contribution in [-0.4, -0.2) is 21.5 Å². The first kappa shape index (κ1) is 13.1. The van der Waals surface area contributed by atoms with Crippen molar-refractivity contribution in [3.8, 4) is 0 Å². The van der Waals surface area contributed by atoms with Gasteiger partial charge in [-0.3, -0.25) is 0 Å². The van der Waals surface area contributed by atoms with Gasteiger partial charge >= 0.3 is 0 Å². The Morgan fingerprint density at radius 2 is 2.00 bits per heavy atom. The van der Waals surface area contributed by atoms with Crippen LogP contribution in [0.15, 0.2) is 11.4 Å². The molecule has 0 aliphatic rings. The van der Waals surface area contributed by atoms with Gasteiger partial charge in [0.1, 0.15) is 5.82 Å². The van der Waals surface area contributed by atoms with Crippen molar-refractivity contribution in [2.75, 3.05) is 6.54 Å². The maximum atomic E-state index is 4.57. The van der Waals surface area contributed by atoms with Crippen LogP contribution in [0.2, 0.25) is 0 Å². The Kier molecular flexibility index (Phi) is 4.38. The summed E-state index contributed by atoms with van der Waals surface area (Å²) in [7, 11) is 0. The molecule has 0 amide bonds. The van der Waals surface area contributed by atoms with Gasteiger partial charge in [0, 0.05) is 17.6 Å². The molecule has 0 aromatic carbocycles. The molecule has 0 saturated carbocycles. The highest BCUT2D eigenvalue weighted by molar-refractivity contribution is 7.09. The van der Waals surface area contributed by atoms with Crippen LogP contribution < -0.4 is 5.32 Å². The van der Waals surface area contributed by atoms with E-state index in [-0.39, 0.29) is 0 Å². The molecule has 0 bridgehead atoms. The lowest BCUT2D eigenvalue weighted by molar-refractivity contribution is 0.700. The zero-order valence-electron chi connectivity index (χ0n) is 11.0. The number of aromatic nitrogens is 3. The molecule has 0 spiro atoms. The predicted octanol–water partition coefficient (Wildman–Crippen LogP) is 2.25. The second-order valence-corrected chi connectivity index (χ2v) is 5.29. The molecule has 2 rings (SSSR count). The molecule has 0 unspecified atom stereocenters. The Morgan fingerprint density at radius 3 is 2.67 bits per heavy atom. The molecule has 2 aromatic rings. The topological polar surface area (TPSA) is 50.7 Å². The number of rotatable bonds is 5. The van der Waals surface area contributed by atoms with E-state index in [1.807, 2.05) is 19.9 Å². The van der Waals surface area contributed by atoms with E-state index in [0.717, 1.165) is 41.0 Å². The lowest BCUT2D eigenvalue weighted by Gasteiger charge is -2.05. The van der Waals surface area contributed by atoms with E-state index in [0.29, 0.717) is 6.42 Å². The molecule has 2 aromatic heterocycles. The van der Waals surface area contributed by atoms with Crippen LogP contribution in [0.1, 0.15) is 34.8 Å². The van der Waals surface area contributed by atoms with Gasteiger partial charge in [-0.2, -0.15) is 0 Å². The van der Waals surface area contributed by atoms with E-state index in [1.165, 1.54) is 0 Å². The van der Waals surface area contributed by atoms with Crippen molar-refractivity contribution in [2.24, 2.45) is 0 Å². The third kappa shape index (κ3) is 3.58. The van der Waals surface area contributed by atoms with Crippen LogP contribution in [0.25, 0.3) is 0 Å². The number of hydrogen-bond donors (Lipinski definition) is 1. The van der Waals surface area contributed by atoms with Crippen LogP contribution >= 0.6 is 11.3 Å². The van der Waals surface area contributed by atoms with E-state index < -0.39 is 0 Å². The van der Waals surface area contributed by atoms with Crippen LogP contribution in [0.4, 0.5) is 0 Å². The highest BCUT2D eigenvalue weighted by Gasteiger charge is 2.05. The SMILES string of the molecule is CCNCc1cc(C)nc(Cc2csc(C)n2)n1. The molecule has 0 fully saturated rings. The van der Waals surface area contributed by atoms with E-state index in [2.05, 4.69) is 32.6 Å². The Bertz CT molecular complexity index is 521. The van der Waals surface area contributed by atoms with E-state index >= 15 is 0 Å². The first-order valence-corrected chi connectivity index (χ1v) is 7.00. The van der Waals surface area contributed by atoms with Crippen molar-refractivity contribution in [3.05, 3.63) is 39.4 Å². The van der Waals surface area contributed by atoms with Gasteiger partial charge in [-0.05, 0) is 26.5 Å². The zero-order valence-corrected chi connectivity index (χ0v) is 11.8. The highest BCUT2D eigenvalue weighted by atomic mass is 32.1. The summed E-state index contributed by atoms with van der Waals surface area (Å²) < 4.78 is 0. The number of hydrogen-bond acceptors (Lipinski definition) is 5. The molecule has 4 nitrogen and oxygen atoms in total. The molecule has 0 atom stereocenters. The molecule has 0 radical (unpaired) electrons. The summed E-state index contributed by atoms with van der Waals surface area (Å²) in [6.45, 7) is 7.86. The standard InChI is InChI=1S/C13H18N4S/c1-4-14-7-11-5-9(2)15-13(17-11)6-12-8-18-10(3)16-12/h5,8,14H,4,6-7H2,1-3H3. The third-order valence-electron chi connectivity index (χ3n) is 2.52. The molecule has 0 aliphatic carbocycles. The highest BCUT2D eigenvalue weighted by Crippen LogP contribution is 2.11. The largest absolute Gasteiger partial charge is 0.311 e. The molecule has 5 heteroatoms. The molecule has 18 heavy (non-hydrogen) atoms. The van der Waals surface area contributed by atoms with Crippen LogP contribution in [0.3, 0.4) is 0 Å². The molecular formula is C13H18N4S. The van der Waals surface area contributed by atoms with Gasteiger partial charge in [0.2, 0.25) is 0 Å². The predicted molar refractivity (Wildman–Crippen MR) is 73.8 cm³/mol. The Labute approximate surface area is 112 Å². The van der Waals surface area contributed by atoms with Gasteiger partial charge in [0.25, 0.3) is 0 Å². The van der Waals surface area contributed by atoms with Crippen molar-refractivity contribution in [1.29, 1.82) is 0 Å². The molecule has 2 heterocycles. The molecule has 1 N–H and O–H groups in total. The van der Waals surface area contributed by atoms with Gasteiger partial charge in [-0.15, -0.1) is 11.3 Å². The maximum absolute atomic E-state index is 4.57. The van der Waals surface area contributed by atoms with Crippen molar-refractivity contribution in [2.45, 2.75) is 33.7 Å². The number of nitrogens with zero attached hydrogens (tertiary/aromatic N) is 3. The summed E-state index contributed by atoms with van der Waals surface area (Å²) in [6.07, 6.45) is 0.713. The number of aryl methyl sites for hydroxylation is 2. The van der Waals surface area contributed by atoms with Crippen molar-refractivity contribution in [3.63, 3.8) is 0 Å². The number of nitrogens with one attached hydrogen (secondary N) is 1. The Balaban J connectivity index is 2.14. The summed E-state index contributed by atoms with van der Waals surface area (Å²) in [5.74, 6) is 0.855. The molecular weight excluding hydrogens is 244 g/mol. The summed E-state index contributed by atoms with van der Waals surface area (Å²) in [5.41, 5.74) is 3.11. The quantitative estimate of drug-likeness (QED) is 0.898. The molecule has 96 valence electrons. The minimum atomic E-state index is 0.713. The van der Waals surface area contributed by atoms with Gasteiger partial charge in [-0.25, -0.2) is 15.0 Å². The Hall–Kier alpha value is -1.33. The number of thiazole rings is 1. The molecule has 0 saturated heterocycles. The average molecular weight is 262 g/mol. The molecule has 0 aliphatic heterocycles. The van der Waals surface area contributed by atoms with Crippen molar-refractivity contribution >= 4 is 11.3 Å². The van der Waals surface area contributed by atoms with Crippen molar-refractivity contribution in [1.82, 2.24) is 20.3 Å². The Morgan fingerprint density at radius 1 is 1.17 bits per heavy atom. The third-order valence-corrected chi connectivity index (χ3v) is 3.34. The smallest absolute Gasteiger partial charge is 0.134 e. The minimum Gasteiger partial charge on any atom is -0.311 e. The fourth-order valence-electron chi connectivity index (χ4n) is 1.77. The maximum Gasteiger partial charge on any atom is 0.134 e. The second kappa shape index (κ2) is 6.02. The van der Waals surface area contributed by atoms with E-state index in [4.69, 9.17) is 0 Å². The first-order chi connectivity index (χ1) is 8.67. The fourth-order valence-corrected chi connectivity index (χ4v) is 2.39. The monoisotopic (exact) mass is 262 g/mol. The van der Waals surface area contributed by atoms with Gasteiger partial charge in [-0.1, -0.05) is 6.92 Å². The summed E-state index contributed by atoms with van der Waals surface area (Å²) in [5, 5.41) is 6.45. The fraction of sp³-hybridized carbons (Fsp3) is 0.462. The summed E-state index contributed by atoms with van der Waals surface area (Å²) in [4.78, 5) is 13.5. The summed E-state index contributed by atoms with van der Waals surface area (Å²) in [6, 6.07) is 2.03. The minimum absolute atomic E-state index is 0.713. The lowest BCUT2D eigenvalue weighted by Crippen LogP contribution is -2.14. The second-order valence-electron chi connectivity index (χ2n) is 4.23. The van der Waals surface area contributed by atoms with Crippen LogP contribution in [0, 0.1) is 13.8 Å². The summed E-state index contributed by atoms with van der Waals surface area (Å²) >= 11 is 1.67. The van der Waals surface area contributed by atoms with Gasteiger partial charge in [0.15, 0.2) is 0 Å². The van der Waals surface area contributed by atoms with E-state index in [9.17, 15) is 0 Å². The zero-order chi connectivity index (χ0) is 13.0. The normalized spacial score (nSPS) is 10.8. The van der Waals surface area contributed by atoms with Crippen LogP contribution in [-0.2, 0) is 13.0 Å². The average Bonchev–Trinajstić information content (AvgIpc) is 2.71. The van der Waals surface area contributed by atoms with Crippen LogP contribution in [0.5, 0.6) is 0 Å². The van der Waals surface area contributed by atoms with Crippen molar-refractivity contribution < 1.29 is 0 Å². The lowest BCUT2D eigenvalue weighted by atomic mass is 10.2. The van der Waals surface area contributed by atoms with Gasteiger partial charge < -0.3 is 5.32 Å². The van der Waals surface area contributed by atoms with Gasteiger partial charge in [0.05, 0.1) is 22.8 Å². The first-order valence-electron chi connectivity index (χ1n) is 6.12. The van der Waals surface area contributed by atoms with E-state index in [1.54, 1.807) is 11.3 Å².